The fourth-order valence-electron chi connectivity index (χ4n) is 1.60. The summed E-state index contributed by atoms with van der Waals surface area (Å²) in [5, 5.41) is 0. The van der Waals surface area contributed by atoms with Crippen LogP contribution in [0.15, 0.2) is 12.5 Å². The first kappa shape index (κ1) is 13.2. The molecule has 92 valence electrons. The molecule has 0 spiro atoms. The van der Waals surface area contributed by atoms with Crippen LogP contribution in [0.2, 0.25) is 0 Å². The first-order valence-electron chi connectivity index (χ1n) is 5.98. The Labute approximate surface area is 97.8 Å². The maximum absolute atomic E-state index is 5.84. The van der Waals surface area contributed by atoms with E-state index >= 15 is 0 Å². The molecule has 1 aromatic rings. The van der Waals surface area contributed by atoms with Crippen LogP contribution in [-0.4, -0.2) is 22.3 Å². The van der Waals surface area contributed by atoms with Crippen molar-refractivity contribution in [2.24, 2.45) is 5.73 Å². The smallest absolute Gasteiger partial charge is 0.0948 e. The van der Waals surface area contributed by atoms with Crippen molar-refractivity contribution in [3.8, 4) is 0 Å². The van der Waals surface area contributed by atoms with E-state index in [1.54, 1.807) is 0 Å². The fourth-order valence-corrected chi connectivity index (χ4v) is 1.60. The first-order chi connectivity index (χ1) is 7.61. The summed E-state index contributed by atoms with van der Waals surface area (Å²) in [7, 11) is 0. The van der Waals surface area contributed by atoms with E-state index in [9.17, 15) is 0 Å². The number of aryl methyl sites for hydroxylation is 1. The zero-order valence-electron chi connectivity index (χ0n) is 10.5. The number of nitrogens with two attached hydrogens (primary N) is 1. The third kappa shape index (κ3) is 4.33. The molecule has 0 aliphatic rings. The van der Waals surface area contributed by atoms with Crippen LogP contribution >= 0.6 is 0 Å². The molecule has 0 aliphatic carbocycles. The first-order valence-corrected chi connectivity index (χ1v) is 5.98. The fraction of sp³-hybridized carbons (Fsp3) is 0.750. The highest BCUT2D eigenvalue weighted by Crippen LogP contribution is 2.09. The van der Waals surface area contributed by atoms with Crippen LogP contribution in [0.1, 0.15) is 45.3 Å². The molecular weight excluding hydrogens is 202 g/mol. The van der Waals surface area contributed by atoms with E-state index in [1.165, 1.54) is 0 Å². The van der Waals surface area contributed by atoms with Crippen molar-refractivity contribution in [1.82, 2.24) is 9.55 Å². The van der Waals surface area contributed by atoms with Gasteiger partial charge in [0.25, 0.3) is 0 Å². The summed E-state index contributed by atoms with van der Waals surface area (Å²) < 4.78 is 7.61. The largest absolute Gasteiger partial charge is 0.379 e. The molecule has 1 atom stereocenters. The molecule has 0 saturated heterocycles. The standard InChI is InChI=1S/C12H23N3O/c1-10(2)16-7-5-4-6-15-9-14-8-12(15)11(3)13/h8-11H,4-7,13H2,1-3H3/t11-/m1/s1. The van der Waals surface area contributed by atoms with Crippen molar-refractivity contribution in [3.05, 3.63) is 18.2 Å². The maximum Gasteiger partial charge on any atom is 0.0948 e. The van der Waals surface area contributed by atoms with E-state index in [1.807, 2.05) is 19.4 Å². The van der Waals surface area contributed by atoms with Crippen molar-refractivity contribution >= 4 is 0 Å². The van der Waals surface area contributed by atoms with Crippen LogP contribution in [0.4, 0.5) is 0 Å². The molecule has 0 radical (unpaired) electrons. The van der Waals surface area contributed by atoms with E-state index in [4.69, 9.17) is 10.5 Å². The van der Waals surface area contributed by atoms with E-state index in [2.05, 4.69) is 23.4 Å². The average molecular weight is 225 g/mol. The van der Waals surface area contributed by atoms with Crippen molar-refractivity contribution in [2.45, 2.75) is 52.3 Å². The Morgan fingerprint density at radius 2 is 2.12 bits per heavy atom. The van der Waals surface area contributed by atoms with Gasteiger partial charge in [-0.3, -0.25) is 0 Å². The van der Waals surface area contributed by atoms with Gasteiger partial charge >= 0.3 is 0 Å². The predicted molar refractivity (Wildman–Crippen MR) is 65.2 cm³/mol. The number of hydrogen-bond acceptors (Lipinski definition) is 3. The van der Waals surface area contributed by atoms with Gasteiger partial charge in [0, 0.05) is 25.4 Å². The minimum absolute atomic E-state index is 0.0504. The highest BCUT2D eigenvalue weighted by Gasteiger charge is 2.05. The van der Waals surface area contributed by atoms with Crippen molar-refractivity contribution in [2.75, 3.05) is 6.61 Å². The normalized spacial score (nSPS) is 13.3. The zero-order valence-corrected chi connectivity index (χ0v) is 10.5. The minimum Gasteiger partial charge on any atom is -0.379 e. The van der Waals surface area contributed by atoms with Gasteiger partial charge < -0.3 is 15.0 Å². The SMILES string of the molecule is CC(C)OCCCCn1cncc1[C@@H](C)N. The second-order valence-electron chi connectivity index (χ2n) is 4.43. The lowest BCUT2D eigenvalue weighted by Crippen LogP contribution is -2.12. The number of imidazole rings is 1. The summed E-state index contributed by atoms with van der Waals surface area (Å²) in [6.45, 7) is 7.90. The van der Waals surface area contributed by atoms with Gasteiger partial charge in [0.15, 0.2) is 0 Å². The van der Waals surface area contributed by atoms with Crippen LogP contribution in [0, 0.1) is 0 Å². The Bertz CT molecular complexity index is 294. The number of nitrogens with zero attached hydrogens (tertiary/aromatic N) is 2. The van der Waals surface area contributed by atoms with Gasteiger partial charge in [0.2, 0.25) is 0 Å². The molecule has 4 nitrogen and oxygen atoms in total. The molecule has 4 heteroatoms. The summed E-state index contributed by atoms with van der Waals surface area (Å²) in [6, 6.07) is 0.0504. The molecule has 1 aromatic heterocycles. The third-order valence-electron chi connectivity index (χ3n) is 2.46. The Morgan fingerprint density at radius 1 is 1.38 bits per heavy atom. The summed E-state index contributed by atoms with van der Waals surface area (Å²) in [4.78, 5) is 4.12. The third-order valence-corrected chi connectivity index (χ3v) is 2.46. The van der Waals surface area contributed by atoms with Crippen molar-refractivity contribution in [1.29, 1.82) is 0 Å². The van der Waals surface area contributed by atoms with Gasteiger partial charge in [-0.05, 0) is 33.6 Å². The Morgan fingerprint density at radius 3 is 2.75 bits per heavy atom. The van der Waals surface area contributed by atoms with Crippen LogP contribution < -0.4 is 5.73 Å². The van der Waals surface area contributed by atoms with Crippen LogP contribution in [-0.2, 0) is 11.3 Å². The van der Waals surface area contributed by atoms with E-state index in [0.717, 1.165) is 31.7 Å². The topological polar surface area (TPSA) is 53.1 Å². The second kappa shape index (κ2) is 6.66. The molecule has 0 fully saturated rings. The van der Waals surface area contributed by atoms with Crippen molar-refractivity contribution in [3.63, 3.8) is 0 Å². The lowest BCUT2D eigenvalue weighted by molar-refractivity contribution is 0.0754. The molecule has 0 aliphatic heterocycles. The number of hydrogen-bond donors (Lipinski definition) is 1. The number of aromatic nitrogens is 2. The highest BCUT2D eigenvalue weighted by atomic mass is 16.5. The number of ether oxygens (including phenoxy) is 1. The zero-order chi connectivity index (χ0) is 12.0. The summed E-state index contributed by atoms with van der Waals surface area (Å²) >= 11 is 0. The lowest BCUT2D eigenvalue weighted by atomic mass is 10.2. The monoisotopic (exact) mass is 225 g/mol. The molecular formula is C12H23N3O. The van der Waals surface area contributed by atoms with Crippen LogP contribution in [0.5, 0.6) is 0 Å². The van der Waals surface area contributed by atoms with Gasteiger partial charge in [0.1, 0.15) is 0 Å². The molecule has 0 bridgehead atoms. The Balaban J connectivity index is 2.24. The molecule has 0 unspecified atom stereocenters. The second-order valence-corrected chi connectivity index (χ2v) is 4.43. The summed E-state index contributed by atoms with van der Waals surface area (Å²) in [6.07, 6.45) is 6.20. The molecule has 2 N–H and O–H groups in total. The lowest BCUT2D eigenvalue weighted by Gasteiger charge is -2.11. The summed E-state index contributed by atoms with van der Waals surface area (Å²) in [5.41, 5.74) is 6.95. The number of unbranched alkanes of at least 4 members (excludes halogenated alkanes) is 1. The van der Waals surface area contributed by atoms with Crippen molar-refractivity contribution < 1.29 is 4.74 Å². The minimum atomic E-state index is 0.0504. The Hall–Kier alpha value is -0.870. The molecule has 0 amide bonds. The maximum atomic E-state index is 5.84. The quantitative estimate of drug-likeness (QED) is 0.723. The van der Waals surface area contributed by atoms with Gasteiger partial charge in [-0.1, -0.05) is 0 Å². The van der Waals surface area contributed by atoms with E-state index in [0.29, 0.717) is 6.10 Å². The molecule has 1 rings (SSSR count). The van der Waals surface area contributed by atoms with Crippen LogP contribution in [0.3, 0.4) is 0 Å². The molecule has 0 saturated carbocycles. The predicted octanol–water partition coefficient (Wildman–Crippen LogP) is 2.11. The molecule has 1 heterocycles. The number of rotatable bonds is 7. The van der Waals surface area contributed by atoms with Gasteiger partial charge in [-0.2, -0.15) is 0 Å². The highest BCUT2D eigenvalue weighted by molar-refractivity contribution is 5.02. The van der Waals surface area contributed by atoms with E-state index in [-0.39, 0.29) is 6.04 Å². The van der Waals surface area contributed by atoms with Gasteiger partial charge in [0.05, 0.1) is 18.1 Å². The average Bonchev–Trinajstić information content (AvgIpc) is 2.65. The van der Waals surface area contributed by atoms with E-state index < -0.39 is 0 Å². The van der Waals surface area contributed by atoms with Crippen LogP contribution in [0.25, 0.3) is 0 Å². The van der Waals surface area contributed by atoms with Gasteiger partial charge in [-0.15, -0.1) is 0 Å². The Kier molecular flexibility index (Phi) is 5.49. The molecule has 0 aromatic carbocycles. The van der Waals surface area contributed by atoms with Gasteiger partial charge in [-0.25, -0.2) is 4.98 Å². The molecule has 16 heavy (non-hydrogen) atoms. The summed E-state index contributed by atoms with van der Waals surface area (Å²) in [5.74, 6) is 0.